The summed E-state index contributed by atoms with van der Waals surface area (Å²) in [5, 5.41) is 11.0. The van der Waals surface area contributed by atoms with Crippen LogP contribution in [-0.4, -0.2) is 34.6 Å². The van der Waals surface area contributed by atoms with Gasteiger partial charge in [-0.3, -0.25) is 4.79 Å². The summed E-state index contributed by atoms with van der Waals surface area (Å²) >= 11 is 1.60. The highest BCUT2D eigenvalue weighted by molar-refractivity contribution is 7.07. The number of aliphatic carboxylic acids is 1. The molecule has 0 fully saturated rings. The highest BCUT2D eigenvalue weighted by Gasteiger charge is 2.26. The van der Waals surface area contributed by atoms with E-state index in [4.69, 9.17) is 5.11 Å². The number of hydrogen-bond donors (Lipinski definition) is 1. The molecule has 96 valence electrons. The minimum absolute atomic E-state index is 0.624. The zero-order valence-corrected chi connectivity index (χ0v) is 11.5. The number of carboxylic acids is 1. The normalized spacial score (nSPS) is 12.0. The van der Waals surface area contributed by atoms with E-state index in [1.54, 1.807) is 25.2 Å². The van der Waals surface area contributed by atoms with Crippen LogP contribution in [0.4, 0.5) is 0 Å². The molecule has 1 aromatic heterocycles. The summed E-state index contributed by atoms with van der Waals surface area (Å²) in [6.07, 6.45) is 1.59. The van der Waals surface area contributed by atoms with Gasteiger partial charge in [-0.2, -0.15) is 0 Å². The molecule has 0 saturated heterocycles. The van der Waals surface area contributed by atoms with Gasteiger partial charge in [0.25, 0.3) is 0 Å². The van der Waals surface area contributed by atoms with Crippen LogP contribution in [0.15, 0.2) is 10.9 Å². The van der Waals surface area contributed by atoms with Crippen molar-refractivity contribution in [3.05, 3.63) is 16.6 Å². The molecule has 0 aliphatic carbocycles. The van der Waals surface area contributed by atoms with Gasteiger partial charge in [0, 0.05) is 11.9 Å². The number of hydrogen-bond acceptors (Lipinski definition) is 4. The average molecular weight is 256 g/mol. The maximum Gasteiger partial charge on any atom is 0.309 e. The summed E-state index contributed by atoms with van der Waals surface area (Å²) in [5.41, 5.74) is 2.29. The van der Waals surface area contributed by atoms with Gasteiger partial charge < -0.3 is 10.0 Å². The first kappa shape index (κ1) is 14.1. The molecule has 0 unspecified atom stereocenters. The quantitative estimate of drug-likeness (QED) is 0.814. The molecule has 0 radical (unpaired) electrons. The van der Waals surface area contributed by atoms with E-state index in [0.29, 0.717) is 6.42 Å². The second-order valence-electron chi connectivity index (χ2n) is 5.01. The fourth-order valence-corrected chi connectivity index (χ4v) is 2.12. The lowest BCUT2D eigenvalue weighted by Gasteiger charge is -2.21. The SMILES string of the molecule is CN(CCCC(C)(C)C(=O)O)Cc1cscn1. The van der Waals surface area contributed by atoms with Crippen molar-refractivity contribution >= 4 is 17.3 Å². The number of nitrogens with zero attached hydrogens (tertiary/aromatic N) is 2. The monoisotopic (exact) mass is 256 g/mol. The molecule has 0 aliphatic heterocycles. The zero-order chi connectivity index (χ0) is 12.9. The molecule has 1 N–H and O–H groups in total. The van der Waals surface area contributed by atoms with Gasteiger partial charge >= 0.3 is 5.97 Å². The third kappa shape index (κ3) is 4.83. The van der Waals surface area contributed by atoms with Gasteiger partial charge in [-0.05, 0) is 40.3 Å². The maximum absolute atomic E-state index is 10.9. The van der Waals surface area contributed by atoms with Crippen LogP contribution in [0, 0.1) is 5.41 Å². The minimum atomic E-state index is -0.723. The molecular formula is C12H20N2O2S. The van der Waals surface area contributed by atoms with E-state index in [1.165, 1.54) is 0 Å². The van der Waals surface area contributed by atoms with Crippen LogP contribution in [0.2, 0.25) is 0 Å². The van der Waals surface area contributed by atoms with Gasteiger partial charge in [0.1, 0.15) is 0 Å². The first-order valence-electron chi connectivity index (χ1n) is 5.71. The van der Waals surface area contributed by atoms with Crippen molar-refractivity contribution < 1.29 is 9.90 Å². The van der Waals surface area contributed by atoms with Crippen LogP contribution >= 0.6 is 11.3 Å². The lowest BCUT2D eigenvalue weighted by molar-refractivity contribution is -0.147. The fourth-order valence-electron chi connectivity index (χ4n) is 1.57. The van der Waals surface area contributed by atoms with E-state index < -0.39 is 11.4 Å². The van der Waals surface area contributed by atoms with Crippen molar-refractivity contribution in [2.75, 3.05) is 13.6 Å². The summed E-state index contributed by atoms with van der Waals surface area (Å²) in [4.78, 5) is 17.3. The Hall–Kier alpha value is -0.940. The molecule has 17 heavy (non-hydrogen) atoms. The number of aromatic nitrogens is 1. The lowest BCUT2D eigenvalue weighted by Crippen LogP contribution is -2.26. The third-order valence-electron chi connectivity index (χ3n) is 2.84. The van der Waals surface area contributed by atoms with Gasteiger partial charge in [0.2, 0.25) is 0 Å². The van der Waals surface area contributed by atoms with Crippen LogP contribution in [-0.2, 0) is 11.3 Å². The highest BCUT2D eigenvalue weighted by Crippen LogP contribution is 2.22. The predicted molar refractivity (Wildman–Crippen MR) is 69.1 cm³/mol. The van der Waals surface area contributed by atoms with Crippen molar-refractivity contribution in [2.24, 2.45) is 5.41 Å². The van der Waals surface area contributed by atoms with Crippen LogP contribution in [0.5, 0.6) is 0 Å². The van der Waals surface area contributed by atoms with Gasteiger partial charge in [-0.25, -0.2) is 4.98 Å². The standard InChI is InChI=1S/C12H20N2O2S/c1-12(2,11(15)16)5-4-6-14(3)7-10-8-17-9-13-10/h8-9H,4-7H2,1-3H3,(H,15,16). The Morgan fingerprint density at radius 2 is 2.29 bits per heavy atom. The van der Waals surface area contributed by atoms with Crippen LogP contribution < -0.4 is 0 Å². The number of carbonyl (C=O) groups is 1. The van der Waals surface area contributed by atoms with Crippen molar-refractivity contribution in [3.63, 3.8) is 0 Å². The van der Waals surface area contributed by atoms with E-state index in [1.807, 2.05) is 17.9 Å². The molecule has 1 rings (SSSR count). The topological polar surface area (TPSA) is 53.4 Å². The van der Waals surface area contributed by atoms with Crippen molar-refractivity contribution in [2.45, 2.75) is 33.2 Å². The van der Waals surface area contributed by atoms with E-state index in [0.717, 1.165) is 25.2 Å². The average Bonchev–Trinajstić information content (AvgIpc) is 2.69. The molecular weight excluding hydrogens is 236 g/mol. The Morgan fingerprint density at radius 3 is 2.82 bits per heavy atom. The predicted octanol–water partition coefficient (Wildman–Crippen LogP) is 2.47. The van der Waals surface area contributed by atoms with Crippen molar-refractivity contribution in [1.82, 2.24) is 9.88 Å². The number of thiazole rings is 1. The molecule has 0 saturated carbocycles. The second-order valence-corrected chi connectivity index (χ2v) is 5.73. The summed E-state index contributed by atoms with van der Waals surface area (Å²) in [6, 6.07) is 0. The Labute approximate surface area is 106 Å². The van der Waals surface area contributed by atoms with Gasteiger partial charge in [-0.15, -0.1) is 11.3 Å². The van der Waals surface area contributed by atoms with Gasteiger partial charge in [-0.1, -0.05) is 0 Å². The summed E-state index contributed by atoms with van der Waals surface area (Å²) in [5.74, 6) is -0.723. The van der Waals surface area contributed by atoms with E-state index in [9.17, 15) is 4.79 Å². The Balaban J connectivity index is 2.25. The van der Waals surface area contributed by atoms with Crippen LogP contribution in [0.25, 0.3) is 0 Å². The lowest BCUT2D eigenvalue weighted by atomic mass is 9.88. The van der Waals surface area contributed by atoms with E-state index in [-0.39, 0.29) is 0 Å². The van der Waals surface area contributed by atoms with Crippen molar-refractivity contribution in [1.29, 1.82) is 0 Å². The molecule has 1 heterocycles. The first-order valence-corrected chi connectivity index (χ1v) is 6.65. The largest absolute Gasteiger partial charge is 0.481 e. The van der Waals surface area contributed by atoms with E-state index >= 15 is 0 Å². The molecule has 0 aliphatic rings. The molecule has 0 aromatic carbocycles. The highest BCUT2D eigenvalue weighted by atomic mass is 32.1. The van der Waals surface area contributed by atoms with Gasteiger partial charge in [0.15, 0.2) is 0 Å². The molecule has 0 bridgehead atoms. The van der Waals surface area contributed by atoms with Crippen LogP contribution in [0.1, 0.15) is 32.4 Å². The fraction of sp³-hybridized carbons (Fsp3) is 0.667. The molecule has 0 atom stereocenters. The number of carboxylic acid groups (broad SMARTS) is 1. The van der Waals surface area contributed by atoms with Crippen molar-refractivity contribution in [3.8, 4) is 0 Å². The Bertz CT molecular complexity index is 349. The molecule has 1 aromatic rings. The smallest absolute Gasteiger partial charge is 0.309 e. The minimum Gasteiger partial charge on any atom is -0.481 e. The van der Waals surface area contributed by atoms with Gasteiger partial charge in [0.05, 0.1) is 16.6 Å². The first-order chi connectivity index (χ1) is 7.92. The summed E-state index contributed by atoms with van der Waals surface area (Å²) in [7, 11) is 2.03. The zero-order valence-electron chi connectivity index (χ0n) is 10.6. The summed E-state index contributed by atoms with van der Waals surface area (Å²) in [6.45, 7) is 5.27. The molecule has 0 amide bonds. The summed E-state index contributed by atoms with van der Waals surface area (Å²) < 4.78 is 0. The maximum atomic E-state index is 10.9. The van der Waals surface area contributed by atoms with Crippen LogP contribution in [0.3, 0.4) is 0 Å². The third-order valence-corrected chi connectivity index (χ3v) is 3.47. The molecule has 4 nitrogen and oxygen atoms in total. The number of rotatable bonds is 7. The van der Waals surface area contributed by atoms with E-state index in [2.05, 4.69) is 9.88 Å². The Morgan fingerprint density at radius 1 is 1.59 bits per heavy atom. The second kappa shape index (κ2) is 6.12. The Kier molecular flexibility index (Phi) is 5.08. The molecule has 5 heteroatoms. The molecule has 0 spiro atoms.